The number of hydrogen-bond donors (Lipinski definition) is 3. The highest BCUT2D eigenvalue weighted by Crippen LogP contribution is 2.22. The number of nitrogens with one attached hydrogen (secondary N) is 3. The summed E-state index contributed by atoms with van der Waals surface area (Å²) < 4.78 is 5.62. The Hall–Kier alpha value is -2.24. The summed E-state index contributed by atoms with van der Waals surface area (Å²) in [4.78, 5) is 24.0. The predicted molar refractivity (Wildman–Crippen MR) is 96.5 cm³/mol. The van der Waals surface area contributed by atoms with Crippen LogP contribution in [-0.2, 0) is 4.79 Å². The van der Waals surface area contributed by atoms with Crippen molar-refractivity contribution in [3.8, 4) is 5.75 Å². The highest BCUT2D eigenvalue weighted by atomic mass is 16.5. The minimum absolute atomic E-state index is 0.0838. The lowest BCUT2D eigenvalue weighted by atomic mass is 10.2. The topological polar surface area (TPSA) is 79.5 Å². The third-order valence-electron chi connectivity index (χ3n) is 3.56. The Bertz CT molecular complexity index is 573. The molecule has 3 amide bonds. The molecule has 0 aliphatic rings. The number of ether oxygens (including phenoxy) is 1. The minimum atomic E-state index is -0.608. The molecule has 0 aliphatic carbocycles. The number of amides is 3. The van der Waals surface area contributed by atoms with Crippen molar-refractivity contribution in [1.82, 2.24) is 10.6 Å². The second-order valence-electron chi connectivity index (χ2n) is 6.28. The van der Waals surface area contributed by atoms with Crippen molar-refractivity contribution in [2.75, 3.05) is 5.32 Å². The van der Waals surface area contributed by atoms with Crippen LogP contribution in [0.1, 0.15) is 46.6 Å². The highest BCUT2D eigenvalue weighted by molar-refractivity contribution is 5.94. The lowest BCUT2D eigenvalue weighted by Crippen LogP contribution is -2.48. The van der Waals surface area contributed by atoms with Crippen molar-refractivity contribution in [2.45, 2.75) is 66.2 Å². The Morgan fingerprint density at radius 1 is 1.12 bits per heavy atom. The van der Waals surface area contributed by atoms with E-state index in [1.807, 2.05) is 46.8 Å². The second-order valence-corrected chi connectivity index (χ2v) is 6.28. The van der Waals surface area contributed by atoms with Gasteiger partial charge >= 0.3 is 6.03 Å². The van der Waals surface area contributed by atoms with E-state index in [4.69, 9.17) is 4.74 Å². The van der Waals surface area contributed by atoms with Gasteiger partial charge < -0.3 is 20.7 Å². The van der Waals surface area contributed by atoms with Crippen LogP contribution in [0.4, 0.5) is 10.5 Å². The molecule has 0 fully saturated rings. The van der Waals surface area contributed by atoms with Gasteiger partial charge in [-0.15, -0.1) is 0 Å². The van der Waals surface area contributed by atoms with E-state index in [0.717, 1.165) is 17.7 Å². The molecule has 134 valence electrons. The van der Waals surface area contributed by atoms with E-state index in [2.05, 4.69) is 16.0 Å². The van der Waals surface area contributed by atoms with Gasteiger partial charge in [0.1, 0.15) is 11.8 Å². The van der Waals surface area contributed by atoms with E-state index < -0.39 is 12.1 Å². The van der Waals surface area contributed by atoms with Gasteiger partial charge in [-0.1, -0.05) is 6.92 Å². The van der Waals surface area contributed by atoms with E-state index >= 15 is 0 Å². The molecule has 0 radical (unpaired) electrons. The third kappa shape index (κ3) is 6.48. The van der Waals surface area contributed by atoms with Crippen LogP contribution in [0.3, 0.4) is 0 Å². The molecule has 0 saturated carbocycles. The first kappa shape index (κ1) is 19.8. The van der Waals surface area contributed by atoms with Gasteiger partial charge in [0.25, 0.3) is 0 Å². The number of rotatable bonds is 7. The maximum absolute atomic E-state index is 12.1. The smallest absolute Gasteiger partial charge is 0.319 e. The van der Waals surface area contributed by atoms with Crippen molar-refractivity contribution >= 4 is 17.6 Å². The number of carbonyl (C=O) groups is 2. The molecule has 1 rings (SSSR count). The Labute approximate surface area is 144 Å². The number of carbonyl (C=O) groups excluding carboxylic acids is 2. The summed E-state index contributed by atoms with van der Waals surface area (Å²) in [6, 6.07) is 4.53. The summed E-state index contributed by atoms with van der Waals surface area (Å²) >= 11 is 0. The highest BCUT2D eigenvalue weighted by Gasteiger charge is 2.17. The van der Waals surface area contributed by atoms with E-state index in [0.29, 0.717) is 5.69 Å². The molecular formula is C18H29N3O3. The van der Waals surface area contributed by atoms with E-state index in [9.17, 15) is 9.59 Å². The van der Waals surface area contributed by atoms with Gasteiger partial charge in [0, 0.05) is 11.7 Å². The lowest BCUT2D eigenvalue weighted by Gasteiger charge is -2.18. The number of hydrogen-bond acceptors (Lipinski definition) is 3. The normalized spacial score (nSPS) is 13.1. The van der Waals surface area contributed by atoms with Crippen LogP contribution in [0.25, 0.3) is 0 Å². The van der Waals surface area contributed by atoms with Gasteiger partial charge in [0.2, 0.25) is 5.91 Å². The van der Waals surface area contributed by atoms with Crippen LogP contribution in [-0.4, -0.2) is 30.1 Å². The van der Waals surface area contributed by atoms with Crippen molar-refractivity contribution in [3.05, 3.63) is 23.8 Å². The molecule has 0 spiro atoms. The Morgan fingerprint density at radius 3 is 2.33 bits per heavy atom. The molecule has 0 aromatic heterocycles. The predicted octanol–water partition coefficient (Wildman–Crippen LogP) is 3.21. The fourth-order valence-corrected chi connectivity index (χ4v) is 2.01. The first-order valence-electron chi connectivity index (χ1n) is 8.38. The van der Waals surface area contributed by atoms with Gasteiger partial charge in [-0.3, -0.25) is 4.79 Å². The van der Waals surface area contributed by atoms with Crippen LogP contribution in [0.2, 0.25) is 0 Å². The Kier molecular flexibility index (Phi) is 7.55. The van der Waals surface area contributed by atoms with Gasteiger partial charge in [0.05, 0.1) is 6.10 Å². The maximum atomic E-state index is 12.1. The fraction of sp³-hybridized carbons (Fsp3) is 0.556. The zero-order valence-electron chi connectivity index (χ0n) is 15.4. The number of anilines is 1. The van der Waals surface area contributed by atoms with E-state index in [1.54, 1.807) is 13.0 Å². The SMILES string of the molecule is CC[C@H](C)NC(=O)[C@H](C)NC(=O)Nc1ccc(OC(C)C)cc1C. The molecule has 0 unspecified atom stereocenters. The average Bonchev–Trinajstić information content (AvgIpc) is 2.49. The van der Waals surface area contributed by atoms with Gasteiger partial charge in [-0.2, -0.15) is 0 Å². The molecule has 3 N–H and O–H groups in total. The fourth-order valence-electron chi connectivity index (χ4n) is 2.01. The summed E-state index contributed by atoms with van der Waals surface area (Å²) in [5.74, 6) is 0.562. The van der Waals surface area contributed by atoms with E-state index in [-0.39, 0.29) is 18.1 Å². The second kappa shape index (κ2) is 9.15. The first-order chi connectivity index (χ1) is 11.2. The summed E-state index contributed by atoms with van der Waals surface area (Å²) in [5.41, 5.74) is 1.57. The molecule has 1 aromatic rings. The zero-order chi connectivity index (χ0) is 18.3. The van der Waals surface area contributed by atoms with Crippen LogP contribution in [0, 0.1) is 6.92 Å². The van der Waals surface area contributed by atoms with Crippen LogP contribution in [0.15, 0.2) is 18.2 Å². The third-order valence-corrected chi connectivity index (χ3v) is 3.56. The number of aryl methyl sites for hydroxylation is 1. The van der Waals surface area contributed by atoms with Crippen LogP contribution < -0.4 is 20.7 Å². The molecule has 1 aromatic carbocycles. The summed E-state index contributed by atoms with van der Waals surface area (Å²) in [7, 11) is 0. The summed E-state index contributed by atoms with van der Waals surface area (Å²) in [5, 5.41) is 8.23. The molecule has 0 heterocycles. The molecule has 0 bridgehead atoms. The van der Waals surface area contributed by atoms with Gasteiger partial charge in [0.15, 0.2) is 0 Å². The van der Waals surface area contributed by atoms with Gasteiger partial charge in [-0.25, -0.2) is 4.79 Å². The molecule has 6 heteroatoms. The maximum Gasteiger partial charge on any atom is 0.319 e. The quantitative estimate of drug-likeness (QED) is 0.716. The standard InChI is InChI=1S/C18H29N3O3/c1-7-13(5)19-17(22)14(6)20-18(23)21-16-9-8-15(10-12(16)4)24-11(2)3/h8-11,13-14H,7H2,1-6H3,(H,19,22)(H2,20,21,23)/t13-,14-/m0/s1. The molecule has 2 atom stereocenters. The van der Waals surface area contributed by atoms with Crippen LogP contribution >= 0.6 is 0 Å². The molecule has 0 saturated heterocycles. The summed E-state index contributed by atoms with van der Waals surface area (Å²) in [6.07, 6.45) is 0.936. The Morgan fingerprint density at radius 2 is 1.79 bits per heavy atom. The monoisotopic (exact) mass is 335 g/mol. The van der Waals surface area contributed by atoms with Crippen molar-refractivity contribution in [3.63, 3.8) is 0 Å². The summed E-state index contributed by atoms with van der Waals surface area (Å²) in [6.45, 7) is 11.4. The molecule has 0 aliphatic heterocycles. The van der Waals surface area contributed by atoms with Crippen molar-refractivity contribution in [1.29, 1.82) is 0 Å². The molecule has 6 nitrogen and oxygen atoms in total. The Balaban J connectivity index is 2.60. The van der Waals surface area contributed by atoms with Gasteiger partial charge in [-0.05, 0) is 64.8 Å². The largest absolute Gasteiger partial charge is 0.491 e. The average molecular weight is 335 g/mol. The minimum Gasteiger partial charge on any atom is -0.491 e. The lowest BCUT2D eigenvalue weighted by molar-refractivity contribution is -0.123. The molecular weight excluding hydrogens is 306 g/mol. The van der Waals surface area contributed by atoms with Crippen LogP contribution in [0.5, 0.6) is 5.75 Å². The van der Waals surface area contributed by atoms with Crippen molar-refractivity contribution < 1.29 is 14.3 Å². The zero-order valence-corrected chi connectivity index (χ0v) is 15.4. The number of urea groups is 1. The molecule has 24 heavy (non-hydrogen) atoms. The van der Waals surface area contributed by atoms with Crippen molar-refractivity contribution in [2.24, 2.45) is 0 Å². The number of benzene rings is 1. The van der Waals surface area contributed by atoms with E-state index in [1.165, 1.54) is 0 Å². The first-order valence-corrected chi connectivity index (χ1v) is 8.38.